The molecule has 3 rings (SSSR count). The third-order valence-corrected chi connectivity index (χ3v) is 6.32. The van der Waals surface area contributed by atoms with Gasteiger partial charge < -0.3 is 5.32 Å². The third-order valence-electron chi connectivity index (χ3n) is 4.24. The van der Waals surface area contributed by atoms with Crippen LogP contribution in [0.1, 0.15) is 22.9 Å². The van der Waals surface area contributed by atoms with Crippen LogP contribution in [-0.4, -0.2) is 21.2 Å². The van der Waals surface area contributed by atoms with Crippen molar-refractivity contribution in [3.63, 3.8) is 0 Å². The largest absolute Gasteiger partial charge is 0.325 e. The Labute approximate surface area is 160 Å². The SMILES string of the molecule is CCn1c(SCC(=O)Nc2ccc(C)cc2)nc2sc(C)c(C)c2c1=O. The minimum atomic E-state index is -0.116. The zero-order chi connectivity index (χ0) is 18.8. The lowest BCUT2D eigenvalue weighted by atomic mass is 10.2. The minimum Gasteiger partial charge on any atom is -0.325 e. The van der Waals surface area contributed by atoms with E-state index in [4.69, 9.17) is 0 Å². The van der Waals surface area contributed by atoms with Crippen molar-refractivity contribution < 1.29 is 4.79 Å². The van der Waals surface area contributed by atoms with Crippen molar-refractivity contribution in [2.75, 3.05) is 11.1 Å². The van der Waals surface area contributed by atoms with Crippen LogP contribution in [-0.2, 0) is 11.3 Å². The Morgan fingerprint density at radius 2 is 1.92 bits per heavy atom. The van der Waals surface area contributed by atoms with Gasteiger partial charge >= 0.3 is 0 Å². The van der Waals surface area contributed by atoms with Gasteiger partial charge in [-0.05, 0) is 45.4 Å². The Morgan fingerprint density at radius 3 is 2.58 bits per heavy atom. The molecule has 0 bridgehead atoms. The first-order valence-electron chi connectivity index (χ1n) is 8.40. The maximum absolute atomic E-state index is 12.8. The number of aryl methyl sites for hydroxylation is 3. The summed E-state index contributed by atoms with van der Waals surface area (Å²) in [7, 11) is 0. The predicted molar refractivity (Wildman–Crippen MR) is 110 cm³/mol. The van der Waals surface area contributed by atoms with Crippen molar-refractivity contribution in [3.8, 4) is 0 Å². The van der Waals surface area contributed by atoms with E-state index >= 15 is 0 Å². The predicted octanol–water partition coefficient (Wildman–Crippen LogP) is 4.13. The fourth-order valence-electron chi connectivity index (χ4n) is 2.66. The van der Waals surface area contributed by atoms with Gasteiger partial charge in [-0.2, -0.15) is 0 Å². The van der Waals surface area contributed by atoms with E-state index in [9.17, 15) is 9.59 Å². The molecule has 0 saturated carbocycles. The van der Waals surface area contributed by atoms with Gasteiger partial charge in [-0.25, -0.2) is 4.98 Å². The molecule has 0 aliphatic heterocycles. The molecule has 0 radical (unpaired) electrons. The van der Waals surface area contributed by atoms with Gasteiger partial charge in [0.2, 0.25) is 5.91 Å². The van der Waals surface area contributed by atoms with Crippen molar-refractivity contribution in [2.45, 2.75) is 39.4 Å². The van der Waals surface area contributed by atoms with E-state index in [1.807, 2.05) is 52.0 Å². The Morgan fingerprint density at radius 1 is 1.23 bits per heavy atom. The van der Waals surface area contributed by atoms with E-state index in [1.54, 1.807) is 4.57 Å². The number of rotatable bonds is 5. The highest BCUT2D eigenvalue weighted by Gasteiger charge is 2.16. The molecule has 0 atom stereocenters. The quantitative estimate of drug-likeness (QED) is 0.528. The Balaban J connectivity index is 1.81. The number of hydrogen-bond donors (Lipinski definition) is 1. The van der Waals surface area contributed by atoms with Crippen molar-refractivity contribution in [3.05, 3.63) is 50.6 Å². The normalized spacial score (nSPS) is 11.1. The van der Waals surface area contributed by atoms with Crippen LogP contribution in [0.15, 0.2) is 34.2 Å². The first-order valence-corrected chi connectivity index (χ1v) is 10.2. The molecule has 0 aliphatic rings. The number of anilines is 1. The van der Waals surface area contributed by atoms with E-state index in [1.165, 1.54) is 23.1 Å². The summed E-state index contributed by atoms with van der Waals surface area (Å²) < 4.78 is 1.64. The van der Waals surface area contributed by atoms with Gasteiger partial charge in [-0.1, -0.05) is 29.5 Å². The number of benzene rings is 1. The molecular formula is C19H21N3O2S2. The molecule has 5 nitrogen and oxygen atoms in total. The second-order valence-corrected chi connectivity index (χ2v) is 8.26. The third kappa shape index (κ3) is 3.68. The van der Waals surface area contributed by atoms with Gasteiger partial charge in [0.25, 0.3) is 5.56 Å². The van der Waals surface area contributed by atoms with E-state index in [0.29, 0.717) is 17.1 Å². The summed E-state index contributed by atoms with van der Waals surface area (Å²) in [6.45, 7) is 8.40. The van der Waals surface area contributed by atoms with Crippen molar-refractivity contribution >= 4 is 44.9 Å². The molecule has 2 heterocycles. The zero-order valence-electron chi connectivity index (χ0n) is 15.3. The lowest BCUT2D eigenvalue weighted by Crippen LogP contribution is -2.23. The molecule has 3 aromatic rings. The lowest BCUT2D eigenvalue weighted by Gasteiger charge is -2.10. The summed E-state index contributed by atoms with van der Waals surface area (Å²) in [5.74, 6) is 0.0872. The average molecular weight is 388 g/mol. The number of nitrogens with one attached hydrogen (secondary N) is 1. The van der Waals surface area contributed by atoms with Crippen LogP contribution in [0.5, 0.6) is 0 Å². The molecule has 136 valence electrons. The van der Waals surface area contributed by atoms with Crippen LogP contribution in [0.4, 0.5) is 5.69 Å². The van der Waals surface area contributed by atoms with E-state index in [0.717, 1.165) is 26.5 Å². The number of nitrogens with zero attached hydrogens (tertiary/aromatic N) is 2. The number of carbonyl (C=O) groups excluding carboxylic acids is 1. The standard InChI is InChI=1S/C19H21N3O2S2/c1-5-22-18(24)16-12(3)13(4)26-17(16)21-19(22)25-10-15(23)20-14-8-6-11(2)7-9-14/h6-9H,5,10H2,1-4H3,(H,20,23). The number of carbonyl (C=O) groups is 1. The highest BCUT2D eigenvalue weighted by Crippen LogP contribution is 2.28. The van der Waals surface area contributed by atoms with Crippen molar-refractivity contribution in [2.24, 2.45) is 0 Å². The fraction of sp³-hybridized carbons (Fsp3) is 0.316. The van der Waals surface area contributed by atoms with Gasteiger partial charge in [-0.3, -0.25) is 14.2 Å². The lowest BCUT2D eigenvalue weighted by molar-refractivity contribution is -0.113. The molecule has 0 unspecified atom stereocenters. The maximum atomic E-state index is 12.8. The van der Waals surface area contributed by atoms with Gasteiger partial charge in [0, 0.05) is 17.1 Å². The molecule has 1 aromatic carbocycles. The first kappa shape index (κ1) is 18.7. The Bertz CT molecular complexity index is 1020. The second kappa shape index (κ2) is 7.63. The van der Waals surface area contributed by atoms with Crippen LogP contribution in [0.3, 0.4) is 0 Å². The highest BCUT2D eigenvalue weighted by molar-refractivity contribution is 7.99. The van der Waals surface area contributed by atoms with Crippen LogP contribution >= 0.6 is 23.1 Å². The molecular weight excluding hydrogens is 366 g/mol. The number of thioether (sulfide) groups is 1. The number of thiophene rings is 1. The number of amides is 1. The Kier molecular flexibility index (Phi) is 5.48. The van der Waals surface area contributed by atoms with Gasteiger partial charge in [-0.15, -0.1) is 11.3 Å². The highest BCUT2D eigenvalue weighted by atomic mass is 32.2. The van der Waals surface area contributed by atoms with Crippen LogP contribution in [0.2, 0.25) is 0 Å². The summed E-state index contributed by atoms with van der Waals surface area (Å²) in [5.41, 5.74) is 2.88. The van der Waals surface area contributed by atoms with Gasteiger partial charge in [0.1, 0.15) is 4.83 Å². The Hall–Kier alpha value is -2.12. The summed E-state index contributed by atoms with van der Waals surface area (Å²) in [4.78, 5) is 31.5. The summed E-state index contributed by atoms with van der Waals surface area (Å²) in [6.07, 6.45) is 0. The van der Waals surface area contributed by atoms with E-state index in [-0.39, 0.29) is 17.2 Å². The second-order valence-electron chi connectivity index (χ2n) is 6.11. The van der Waals surface area contributed by atoms with E-state index in [2.05, 4.69) is 10.3 Å². The monoisotopic (exact) mass is 387 g/mol. The topological polar surface area (TPSA) is 64.0 Å². The van der Waals surface area contributed by atoms with Gasteiger partial charge in [0.15, 0.2) is 5.16 Å². The smallest absolute Gasteiger partial charge is 0.263 e. The molecule has 1 N–H and O–H groups in total. The summed E-state index contributed by atoms with van der Waals surface area (Å²) in [5, 5.41) is 4.15. The van der Waals surface area contributed by atoms with E-state index < -0.39 is 0 Å². The average Bonchev–Trinajstić information content (AvgIpc) is 2.89. The first-order chi connectivity index (χ1) is 12.4. The number of aromatic nitrogens is 2. The van der Waals surface area contributed by atoms with Gasteiger partial charge in [0.05, 0.1) is 11.1 Å². The van der Waals surface area contributed by atoms with Crippen LogP contribution in [0.25, 0.3) is 10.2 Å². The maximum Gasteiger partial charge on any atom is 0.263 e. The van der Waals surface area contributed by atoms with Crippen molar-refractivity contribution in [1.82, 2.24) is 9.55 Å². The molecule has 2 aromatic heterocycles. The number of hydrogen-bond acceptors (Lipinski definition) is 5. The molecule has 0 fully saturated rings. The molecule has 26 heavy (non-hydrogen) atoms. The minimum absolute atomic E-state index is 0.0270. The van der Waals surface area contributed by atoms with Crippen molar-refractivity contribution in [1.29, 1.82) is 0 Å². The zero-order valence-corrected chi connectivity index (χ0v) is 16.9. The van der Waals surface area contributed by atoms with Crippen LogP contribution < -0.4 is 10.9 Å². The number of fused-ring (bicyclic) bond motifs is 1. The fourth-order valence-corrected chi connectivity index (χ4v) is 4.60. The summed E-state index contributed by atoms with van der Waals surface area (Å²) >= 11 is 2.82. The molecule has 1 amide bonds. The molecule has 0 saturated heterocycles. The molecule has 7 heteroatoms. The molecule has 0 spiro atoms. The van der Waals surface area contributed by atoms with Crippen LogP contribution in [0, 0.1) is 20.8 Å². The summed E-state index contributed by atoms with van der Waals surface area (Å²) in [6, 6.07) is 7.66. The molecule has 0 aliphatic carbocycles.